The molecule has 0 aromatic carbocycles. The number of furan rings is 1. The number of aryl methyl sites for hydroxylation is 2. The second-order valence-corrected chi connectivity index (χ2v) is 5.66. The quantitative estimate of drug-likeness (QED) is 0.885. The summed E-state index contributed by atoms with van der Waals surface area (Å²) in [5.41, 5.74) is 1.96. The zero-order valence-corrected chi connectivity index (χ0v) is 13.3. The highest BCUT2D eigenvalue weighted by Gasteiger charge is 2.17. The summed E-state index contributed by atoms with van der Waals surface area (Å²) in [6, 6.07) is 3.76. The van der Waals surface area contributed by atoms with Gasteiger partial charge in [0.1, 0.15) is 11.9 Å². The van der Waals surface area contributed by atoms with Crippen molar-refractivity contribution in [3.63, 3.8) is 0 Å². The molecule has 0 saturated heterocycles. The largest absolute Gasteiger partial charge is 0.450 e. The average Bonchev–Trinajstić information content (AvgIpc) is 2.83. The van der Waals surface area contributed by atoms with Gasteiger partial charge in [0.2, 0.25) is 0 Å². The molecular formula is C12H14Br2N2O2. The molecule has 0 aliphatic heterocycles. The number of nitrogens with zero attached hydrogens (tertiary/aromatic N) is 2. The normalized spacial score (nSPS) is 12.9. The molecule has 2 aromatic rings. The lowest BCUT2D eigenvalue weighted by Gasteiger charge is -2.08. The number of halogens is 2. The van der Waals surface area contributed by atoms with E-state index < -0.39 is 6.10 Å². The van der Waals surface area contributed by atoms with Gasteiger partial charge in [0, 0.05) is 18.7 Å². The van der Waals surface area contributed by atoms with Gasteiger partial charge in [0.25, 0.3) is 0 Å². The Morgan fingerprint density at radius 2 is 2.17 bits per heavy atom. The number of aromatic nitrogens is 2. The fraction of sp³-hybridized carbons (Fsp3) is 0.417. The Hall–Kier alpha value is -0.590. The predicted octanol–water partition coefficient (Wildman–Crippen LogP) is 3.61. The molecule has 0 fully saturated rings. The molecule has 1 atom stereocenters. The molecule has 0 aliphatic rings. The highest BCUT2D eigenvalue weighted by Crippen LogP contribution is 2.31. The van der Waals surface area contributed by atoms with Crippen LogP contribution >= 0.6 is 31.9 Å². The average molecular weight is 378 g/mol. The van der Waals surface area contributed by atoms with Gasteiger partial charge in [0.15, 0.2) is 4.67 Å². The monoisotopic (exact) mass is 376 g/mol. The van der Waals surface area contributed by atoms with Crippen molar-refractivity contribution in [2.75, 3.05) is 0 Å². The molecule has 0 spiro atoms. The Bertz CT molecular complexity index is 529. The summed E-state index contributed by atoms with van der Waals surface area (Å²) in [6.07, 6.45) is -0.185. The van der Waals surface area contributed by atoms with Gasteiger partial charge >= 0.3 is 0 Å². The molecule has 2 rings (SSSR count). The zero-order chi connectivity index (χ0) is 13.3. The molecule has 98 valence electrons. The molecule has 2 heterocycles. The predicted molar refractivity (Wildman–Crippen MR) is 75.4 cm³/mol. The molecule has 2 aromatic heterocycles. The Morgan fingerprint density at radius 3 is 2.72 bits per heavy atom. The van der Waals surface area contributed by atoms with Crippen molar-refractivity contribution in [1.82, 2.24) is 9.78 Å². The summed E-state index contributed by atoms with van der Waals surface area (Å²) in [5.74, 6) is 0.537. The first kappa shape index (κ1) is 13.8. The minimum atomic E-state index is -0.672. The van der Waals surface area contributed by atoms with E-state index in [1.807, 2.05) is 24.6 Å². The lowest BCUT2D eigenvalue weighted by Crippen LogP contribution is -2.07. The van der Waals surface area contributed by atoms with Crippen molar-refractivity contribution in [1.29, 1.82) is 0 Å². The fourth-order valence-corrected chi connectivity index (χ4v) is 2.47. The maximum absolute atomic E-state index is 10.2. The van der Waals surface area contributed by atoms with Gasteiger partial charge in [-0.15, -0.1) is 0 Å². The van der Waals surface area contributed by atoms with E-state index >= 15 is 0 Å². The van der Waals surface area contributed by atoms with Crippen molar-refractivity contribution in [2.24, 2.45) is 0 Å². The number of aliphatic hydroxyl groups is 1. The minimum Gasteiger partial charge on any atom is -0.450 e. The van der Waals surface area contributed by atoms with E-state index in [9.17, 15) is 5.11 Å². The van der Waals surface area contributed by atoms with Crippen molar-refractivity contribution in [3.8, 4) is 0 Å². The van der Waals surface area contributed by atoms with E-state index in [2.05, 4.69) is 37.0 Å². The first-order chi connectivity index (χ1) is 8.51. The third-order valence-corrected chi connectivity index (χ3v) is 4.39. The summed E-state index contributed by atoms with van der Waals surface area (Å²) in [6.45, 7) is 4.77. The summed E-state index contributed by atoms with van der Waals surface area (Å²) in [5, 5.41) is 14.5. The Kier molecular flexibility index (Phi) is 4.29. The van der Waals surface area contributed by atoms with Crippen LogP contribution in [0.3, 0.4) is 0 Å². The summed E-state index contributed by atoms with van der Waals surface area (Å²) >= 11 is 6.59. The number of hydrogen-bond donors (Lipinski definition) is 1. The molecule has 0 saturated carbocycles. The van der Waals surface area contributed by atoms with Crippen LogP contribution < -0.4 is 0 Å². The van der Waals surface area contributed by atoms with Crippen LogP contribution in [0.1, 0.15) is 30.2 Å². The lowest BCUT2D eigenvalue weighted by molar-refractivity contribution is 0.146. The van der Waals surface area contributed by atoms with Crippen molar-refractivity contribution >= 4 is 31.9 Å². The van der Waals surface area contributed by atoms with Crippen LogP contribution in [-0.2, 0) is 13.0 Å². The molecule has 18 heavy (non-hydrogen) atoms. The van der Waals surface area contributed by atoms with Gasteiger partial charge in [-0.2, -0.15) is 5.10 Å². The molecule has 0 amide bonds. The summed E-state index contributed by atoms with van der Waals surface area (Å²) < 4.78 is 8.71. The maximum Gasteiger partial charge on any atom is 0.183 e. The van der Waals surface area contributed by atoms with Gasteiger partial charge in [-0.05, 0) is 57.8 Å². The van der Waals surface area contributed by atoms with Gasteiger partial charge in [0.05, 0.1) is 10.2 Å². The minimum absolute atomic E-state index is 0.487. The first-order valence-electron chi connectivity index (χ1n) is 5.67. The van der Waals surface area contributed by atoms with Gasteiger partial charge < -0.3 is 9.52 Å². The van der Waals surface area contributed by atoms with Crippen LogP contribution in [0.2, 0.25) is 0 Å². The van der Waals surface area contributed by atoms with Crippen molar-refractivity contribution < 1.29 is 9.52 Å². The molecule has 1 N–H and O–H groups in total. The van der Waals surface area contributed by atoms with E-state index in [0.717, 1.165) is 22.4 Å². The van der Waals surface area contributed by atoms with Gasteiger partial charge in [-0.25, -0.2) is 0 Å². The molecular weight excluding hydrogens is 364 g/mol. The van der Waals surface area contributed by atoms with Gasteiger partial charge in [-0.3, -0.25) is 4.68 Å². The second-order valence-electron chi connectivity index (χ2n) is 4.08. The van der Waals surface area contributed by atoms with Crippen LogP contribution in [-0.4, -0.2) is 14.9 Å². The molecule has 0 radical (unpaired) electrons. The third-order valence-electron chi connectivity index (χ3n) is 2.68. The summed E-state index contributed by atoms with van der Waals surface area (Å²) in [7, 11) is 0. The number of rotatable bonds is 4. The van der Waals surface area contributed by atoms with Crippen LogP contribution in [0.4, 0.5) is 0 Å². The standard InChI is InChI=1S/C12H14Br2N2O2/c1-3-16-8(4-7(2)15-16)5-10(17)11-6-9(13)12(14)18-11/h4,6,10,17H,3,5H2,1-2H3. The van der Waals surface area contributed by atoms with Crippen LogP contribution in [0.25, 0.3) is 0 Å². The molecule has 0 aliphatic carbocycles. The van der Waals surface area contributed by atoms with Crippen LogP contribution in [0.15, 0.2) is 25.7 Å². The molecule has 0 bridgehead atoms. The van der Waals surface area contributed by atoms with Crippen molar-refractivity contribution in [2.45, 2.75) is 32.9 Å². The molecule has 1 unspecified atom stereocenters. The van der Waals surface area contributed by atoms with Gasteiger partial charge in [-0.1, -0.05) is 0 Å². The van der Waals surface area contributed by atoms with Crippen LogP contribution in [0, 0.1) is 6.92 Å². The SMILES string of the molecule is CCn1nc(C)cc1CC(O)c1cc(Br)c(Br)o1. The van der Waals surface area contributed by atoms with E-state index in [1.165, 1.54) is 0 Å². The highest BCUT2D eigenvalue weighted by molar-refractivity contribution is 9.13. The number of hydrogen-bond acceptors (Lipinski definition) is 3. The first-order valence-corrected chi connectivity index (χ1v) is 7.26. The Labute approximate surface area is 122 Å². The van der Waals surface area contributed by atoms with E-state index in [0.29, 0.717) is 16.9 Å². The van der Waals surface area contributed by atoms with E-state index in [-0.39, 0.29) is 0 Å². The van der Waals surface area contributed by atoms with E-state index in [1.54, 1.807) is 6.07 Å². The smallest absolute Gasteiger partial charge is 0.183 e. The summed E-state index contributed by atoms with van der Waals surface area (Å²) in [4.78, 5) is 0. The zero-order valence-electron chi connectivity index (χ0n) is 10.2. The Balaban J connectivity index is 2.17. The maximum atomic E-state index is 10.2. The third kappa shape index (κ3) is 2.87. The van der Waals surface area contributed by atoms with Crippen molar-refractivity contribution in [3.05, 3.63) is 38.4 Å². The Morgan fingerprint density at radius 1 is 1.44 bits per heavy atom. The molecule has 4 nitrogen and oxygen atoms in total. The lowest BCUT2D eigenvalue weighted by atomic mass is 10.1. The topological polar surface area (TPSA) is 51.2 Å². The molecule has 6 heteroatoms. The second kappa shape index (κ2) is 5.59. The number of aliphatic hydroxyl groups excluding tert-OH is 1. The fourth-order valence-electron chi connectivity index (χ4n) is 1.86. The highest BCUT2D eigenvalue weighted by atomic mass is 79.9. The van der Waals surface area contributed by atoms with Crippen LogP contribution in [0.5, 0.6) is 0 Å². The van der Waals surface area contributed by atoms with E-state index in [4.69, 9.17) is 4.42 Å².